The smallest absolute Gasteiger partial charge is 0.225 e. The van der Waals surface area contributed by atoms with Gasteiger partial charge in [-0.05, 0) is 35.6 Å². The molecular weight excluding hydrogens is 422 g/mol. The van der Waals surface area contributed by atoms with E-state index in [2.05, 4.69) is 22.4 Å². The highest BCUT2D eigenvalue weighted by atomic mass is 16.2. The molecule has 1 fully saturated rings. The van der Waals surface area contributed by atoms with Gasteiger partial charge in [-0.15, -0.1) is 0 Å². The quantitative estimate of drug-likeness (QED) is 0.415. The van der Waals surface area contributed by atoms with Crippen LogP contribution in [-0.4, -0.2) is 28.2 Å². The number of amides is 2. The van der Waals surface area contributed by atoms with Gasteiger partial charge in [-0.1, -0.05) is 78.9 Å². The Bertz CT molecular complexity index is 1270. The van der Waals surface area contributed by atoms with Gasteiger partial charge in [-0.3, -0.25) is 9.59 Å². The summed E-state index contributed by atoms with van der Waals surface area (Å²) in [6, 6.07) is 27.9. The van der Waals surface area contributed by atoms with Crippen molar-refractivity contribution in [1.29, 1.82) is 0 Å². The van der Waals surface area contributed by atoms with Crippen molar-refractivity contribution >= 4 is 22.7 Å². The summed E-state index contributed by atoms with van der Waals surface area (Å²) < 4.78 is 0. The minimum atomic E-state index is -0.285. The highest BCUT2D eigenvalue weighted by molar-refractivity contribution is 5.85. The van der Waals surface area contributed by atoms with Gasteiger partial charge >= 0.3 is 0 Å². The van der Waals surface area contributed by atoms with Crippen molar-refractivity contribution in [3.8, 4) is 0 Å². The second-order valence-corrected chi connectivity index (χ2v) is 8.91. The Hall–Kier alpha value is -3.86. The normalized spacial score (nSPS) is 18.2. The van der Waals surface area contributed by atoms with Crippen molar-refractivity contribution in [2.75, 3.05) is 6.54 Å². The fourth-order valence-electron chi connectivity index (χ4n) is 5.05. The monoisotopic (exact) mass is 451 g/mol. The van der Waals surface area contributed by atoms with Crippen molar-refractivity contribution in [3.05, 3.63) is 108 Å². The Morgan fingerprint density at radius 2 is 1.65 bits per heavy atom. The number of likely N-dealkylation sites (tertiary alicyclic amines) is 1. The van der Waals surface area contributed by atoms with E-state index >= 15 is 0 Å². The van der Waals surface area contributed by atoms with Gasteiger partial charge in [0.25, 0.3) is 0 Å². The number of aromatic amines is 1. The number of hydrogen-bond acceptors (Lipinski definition) is 2. The molecule has 172 valence electrons. The zero-order valence-electron chi connectivity index (χ0n) is 19.1. The molecule has 2 N–H and O–H groups in total. The average Bonchev–Trinajstić information content (AvgIpc) is 3.29. The molecule has 2 amide bonds. The lowest BCUT2D eigenvalue weighted by Gasteiger charge is -2.41. The van der Waals surface area contributed by atoms with Gasteiger partial charge in [-0.25, -0.2) is 0 Å². The molecule has 1 aliphatic heterocycles. The largest absolute Gasteiger partial charge is 0.361 e. The standard InChI is InChI=1S/C29H29N3O2/c33-27-16-15-25(29(34)30-18-17-23-19-31-26-14-8-7-13-24(23)26)28(22-11-5-2-6-12-22)32(27)20-21-9-3-1-4-10-21/h1-14,19,25,28,31H,15-18,20H2,(H,30,34)/t25-,28+/m1/s1. The molecule has 2 atom stereocenters. The first-order chi connectivity index (χ1) is 16.7. The Balaban J connectivity index is 1.34. The Labute approximate surface area is 199 Å². The number of nitrogens with zero attached hydrogens (tertiary/aromatic N) is 1. The van der Waals surface area contributed by atoms with E-state index in [1.165, 1.54) is 10.9 Å². The van der Waals surface area contributed by atoms with E-state index in [0.29, 0.717) is 25.9 Å². The van der Waals surface area contributed by atoms with Crippen LogP contribution in [0.1, 0.15) is 35.6 Å². The van der Waals surface area contributed by atoms with E-state index in [1.54, 1.807) is 0 Å². The lowest BCUT2D eigenvalue weighted by molar-refractivity contribution is -0.144. The summed E-state index contributed by atoms with van der Waals surface area (Å²) in [6.07, 6.45) is 3.72. The number of aromatic nitrogens is 1. The summed E-state index contributed by atoms with van der Waals surface area (Å²) in [7, 11) is 0. The van der Waals surface area contributed by atoms with Gasteiger partial charge in [0.15, 0.2) is 0 Å². The van der Waals surface area contributed by atoms with Crippen molar-refractivity contribution in [3.63, 3.8) is 0 Å². The topological polar surface area (TPSA) is 65.2 Å². The number of nitrogens with one attached hydrogen (secondary N) is 2. The zero-order valence-corrected chi connectivity index (χ0v) is 19.1. The van der Waals surface area contributed by atoms with Gasteiger partial charge in [0, 0.05) is 36.6 Å². The molecule has 5 rings (SSSR count). The number of benzene rings is 3. The first kappa shape index (κ1) is 22.0. The van der Waals surface area contributed by atoms with Crippen LogP contribution in [0, 0.1) is 5.92 Å². The molecule has 3 aromatic carbocycles. The van der Waals surface area contributed by atoms with Crippen LogP contribution in [-0.2, 0) is 22.6 Å². The number of carbonyl (C=O) groups excluding carboxylic acids is 2. The van der Waals surface area contributed by atoms with Crippen LogP contribution in [0.3, 0.4) is 0 Å². The van der Waals surface area contributed by atoms with E-state index in [4.69, 9.17) is 0 Å². The van der Waals surface area contributed by atoms with Crippen LogP contribution in [0.2, 0.25) is 0 Å². The molecule has 1 aliphatic rings. The molecule has 34 heavy (non-hydrogen) atoms. The van der Waals surface area contributed by atoms with Crippen molar-refractivity contribution in [1.82, 2.24) is 15.2 Å². The highest BCUT2D eigenvalue weighted by Gasteiger charge is 2.40. The molecule has 0 unspecified atom stereocenters. The fraction of sp³-hybridized carbons (Fsp3) is 0.241. The van der Waals surface area contributed by atoms with Gasteiger partial charge < -0.3 is 15.2 Å². The van der Waals surface area contributed by atoms with Crippen molar-refractivity contribution in [2.24, 2.45) is 5.92 Å². The van der Waals surface area contributed by atoms with E-state index in [0.717, 1.165) is 23.1 Å². The first-order valence-electron chi connectivity index (χ1n) is 11.9. The van der Waals surface area contributed by atoms with Crippen LogP contribution in [0.25, 0.3) is 10.9 Å². The molecule has 0 bridgehead atoms. The number of para-hydroxylation sites is 1. The van der Waals surface area contributed by atoms with Gasteiger partial charge in [-0.2, -0.15) is 0 Å². The van der Waals surface area contributed by atoms with Crippen LogP contribution in [0.5, 0.6) is 0 Å². The maximum atomic E-state index is 13.4. The van der Waals surface area contributed by atoms with E-state index in [9.17, 15) is 9.59 Å². The maximum absolute atomic E-state index is 13.4. The molecule has 0 aliphatic carbocycles. The molecule has 2 heterocycles. The second-order valence-electron chi connectivity index (χ2n) is 8.91. The third-order valence-corrected chi connectivity index (χ3v) is 6.75. The minimum Gasteiger partial charge on any atom is -0.361 e. The average molecular weight is 452 g/mol. The summed E-state index contributed by atoms with van der Waals surface area (Å²) in [5.41, 5.74) is 4.37. The zero-order chi connectivity index (χ0) is 23.3. The fourth-order valence-corrected chi connectivity index (χ4v) is 5.05. The Kier molecular flexibility index (Phi) is 6.43. The molecule has 5 heteroatoms. The second kappa shape index (κ2) is 9.96. The Morgan fingerprint density at radius 1 is 0.941 bits per heavy atom. The highest BCUT2D eigenvalue weighted by Crippen LogP contribution is 2.38. The maximum Gasteiger partial charge on any atom is 0.225 e. The van der Waals surface area contributed by atoms with Gasteiger partial charge in [0.05, 0.1) is 12.0 Å². The number of hydrogen-bond donors (Lipinski definition) is 2. The van der Waals surface area contributed by atoms with E-state index in [1.807, 2.05) is 83.9 Å². The minimum absolute atomic E-state index is 0.0132. The molecule has 0 saturated carbocycles. The lowest BCUT2D eigenvalue weighted by Crippen LogP contribution is -2.48. The van der Waals surface area contributed by atoms with Crippen molar-refractivity contribution < 1.29 is 9.59 Å². The molecular formula is C29H29N3O2. The van der Waals surface area contributed by atoms with Crippen LogP contribution >= 0.6 is 0 Å². The summed E-state index contributed by atoms with van der Waals surface area (Å²) >= 11 is 0. The summed E-state index contributed by atoms with van der Waals surface area (Å²) in [5, 5.41) is 4.35. The van der Waals surface area contributed by atoms with Gasteiger partial charge in [0.2, 0.25) is 11.8 Å². The lowest BCUT2D eigenvalue weighted by atomic mass is 9.83. The predicted octanol–water partition coefficient (Wildman–Crippen LogP) is 5.01. The van der Waals surface area contributed by atoms with Crippen LogP contribution < -0.4 is 5.32 Å². The number of H-pyrrole nitrogens is 1. The third kappa shape index (κ3) is 4.60. The molecule has 5 nitrogen and oxygen atoms in total. The molecule has 0 radical (unpaired) electrons. The van der Waals surface area contributed by atoms with E-state index < -0.39 is 0 Å². The summed E-state index contributed by atoms with van der Waals surface area (Å²) in [4.78, 5) is 31.6. The predicted molar refractivity (Wildman–Crippen MR) is 134 cm³/mol. The first-order valence-corrected chi connectivity index (χ1v) is 11.9. The molecule has 1 aromatic heterocycles. The SMILES string of the molecule is O=C(NCCc1c[nH]c2ccccc12)[C@@H]1CCC(=O)N(Cc2ccccc2)[C@H]1c1ccccc1. The van der Waals surface area contributed by atoms with Gasteiger partial charge in [0.1, 0.15) is 0 Å². The Morgan fingerprint density at radius 3 is 2.44 bits per heavy atom. The molecule has 1 saturated heterocycles. The molecule has 4 aromatic rings. The summed E-state index contributed by atoms with van der Waals surface area (Å²) in [5.74, 6) is -0.174. The number of rotatable bonds is 7. The summed E-state index contributed by atoms with van der Waals surface area (Å²) in [6.45, 7) is 1.06. The number of piperidine rings is 1. The van der Waals surface area contributed by atoms with E-state index in [-0.39, 0.29) is 23.8 Å². The number of fused-ring (bicyclic) bond motifs is 1. The van der Waals surface area contributed by atoms with Crippen LogP contribution in [0.4, 0.5) is 0 Å². The third-order valence-electron chi connectivity index (χ3n) is 6.75. The van der Waals surface area contributed by atoms with Crippen molar-refractivity contribution in [2.45, 2.75) is 31.8 Å². The van der Waals surface area contributed by atoms with Crippen LogP contribution in [0.15, 0.2) is 91.1 Å². The molecule has 0 spiro atoms. The number of carbonyl (C=O) groups is 2.